The van der Waals surface area contributed by atoms with E-state index in [0.29, 0.717) is 27.7 Å². The number of amides is 2. The van der Waals surface area contributed by atoms with Gasteiger partial charge in [-0.25, -0.2) is 9.97 Å². The Bertz CT molecular complexity index is 1270. The average molecular weight is 381 g/mol. The summed E-state index contributed by atoms with van der Waals surface area (Å²) in [7, 11) is 0. The van der Waals surface area contributed by atoms with Crippen LogP contribution in [0.1, 0.15) is 11.3 Å². The molecule has 4 heterocycles. The first-order valence-corrected chi connectivity index (χ1v) is 8.97. The lowest BCUT2D eigenvalue weighted by atomic mass is 9.98. The number of rotatable bonds is 2. The van der Waals surface area contributed by atoms with Crippen LogP contribution in [0.25, 0.3) is 32.3 Å². The normalized spacial score (nSPS) is 14.7. The molecule has 26 heavy (non-hydrogen) atoms. The molecule has 0 atom stereocenters. The van der Waals surface area contributed by atoms with Gasteiger partial charge in [-0.05, 0) is 29.1 Å². The number of fused-ring (bicyclic) bond motifs is 2. The van der Waals surface area contributed by atoms with Crippen molar-refractivity contribution in [2.24, 2.45) is 0 Å². The standard InChI is InChI=1S/C18H9ClN4O2S/c19-18-21-11-4-2-1-3-9(11)14(22-18)13-12(15(24)23-16(13)25)10-7-20-17-8(10)5-6-26-17/h1-7,20H,(H,23,24,25). The van der Waals surface area contributed by atoms with Gasteiger partial charge in [-0.1, -0.05) is 18.2 Å². The average Bonchev–Trinajstić information content (AvgIpc) is 3.29. The Morgan fingerprint density at radius 3 is 2.65 bits per heavy atom. The van der Waals surface area contributed by atoms with E-state index in [-0.39, 0.29) is 10.9 Å². The number of carbonyl (C=O) groups excluding carboxylic acids is 2. The molecule has 126 valence electrons. The van der Waals surface area contributed by atoms with Gasteiger partial charge in [0.25, 0.3) is 11.8 Å². The number of imide groups is 1. The first-order chi connectivity index (χ1) is 12.6. The predicted octanol–water partition coefficient (Wildman–Crippen LogP) is 3.39. The van der Waals surface area contributed by atoms with Gasteiger partial charge in [-0.3, -0.25) is 14.9 Å². The summed E-state index contributed by atoms with van der Waals surface area (Å²) in [5.41, 5.74) is 2.13. The molecule has 1 aliphatic rings. The van der Waals surface area contributed by atoms with E-state index in [1.54, 1.807) is 18.3 Å². The second-order valence-corrected chi connectivity index (χ2v) is 7.01. The maximum absolute atomic E-state index is 12.6. The summed E-state index contributed by atoms with van der Waals surface area (Å²) in [6.45, 7) is 0. The maximum Gasteiger partial charge on any atom is 0.261 e. The molecule has 2 amide bonds. The van der Waals surface area contributed by atoms with Crippen LogP contribution in [0.4, 0.5) is 0 Å². The summed E-state index contributed by atoms with van der Waals surface area (Å²) < 4.78 is 0. The predicted molar refractivity (Wildman–Crippen MR) is 101 cm³/mol. The van der Waals surface area contributed by atoms with E-state index < -0.39 is 11.8 Å². The summed E-state index contributed by atoms with van der Waals surface area (Å²) in [5.74, 6) is -0.939. The SMILES string of the molecule is O=C1NC(=O)C(c2c[nH]c3sccc23)=C1c1nc(Cl)nc2ccccc12. The van der Waals surface area contributed by atoms with Gasteiger partial charge in [-0.2, -0.15) is 0 Å². The Kier molecular flexibility index (Phi) is 3.22. The maximum atomic E-state index is 12.6. The van der Waals surface area contributed by atoms with Crippen LogP contribution in [0, 0.1) is 0 Å². The van der Waals surface area contributed by atoms with Gasteiger partial charge in [0.15, 0.2) is 0 Å². The van der Waals surface area contributed by atoms with Crippen molar-refractivity contribution in [1.82, 2.24) is 20.3 Å². The molecular weight excluding hydrogens is 372 g/mol. The first-order valence-electron chi connectivity index (χ1n) is 7.71. The fraction of sp³-hybridized carbons (Fsp3) is 0. The van der Waals surface area contributed by atoms with Crippen molar-refractivity contribution in [2.75, 3.05) is 0 Å². The summed E-state index contributed by atoms with van der Waals surface area (Å²) >= 11 is 7.60. The van der Waals surface area contributed by atoms with Crippen LogP contribution in [-0.4, -0.2) is 26.8 Å². The monoisotopic (exact) mass is 380 g/mol. The van der Waals surface area contributed by atoms with Gasteiger partial charge >= 0.3 is 0 Å². The number of benzene rings is 1. The van der Waals surface area contributed by atoms with Crippen molar-refractivity contribution in [3.8, 4) is 0 Å². The Labute approximate surface area is 155 Å². The van der Waals surface area contributed by atoms with Crippen molar-refractivity contribution in [1.29, 1.82) is 0 Å². The second-order valence-electron chi connectivity index (χ2n) is 5.76. The minimum absolute atomic E-state index is 0.0208. The van der Waals surface area contributed by atoms with Crippen LogP contribution in [0.3, 0.4) is 0 Å². The molecule has 1 aliphatic heterocycles. The summed E-state index contributed by atoms with van der Waals surface area (Å²) in [6, 6.07) is 9.16. The molecule has 4 aromatic rings. The molecule has 0 fully saturated rings. The van der Waals surface area contributed by atoms with Gasteiger partial charge in [0.05, 0.1) is 22.4 Å². The van der Waals surface area contributed by atoms with Crippen molar-refractivity contribution in [3.05, 3.63) is 58.4 Å². The quantitative estimate of drug-likeness (QED) is 0.412. The number of aromatic amines is 1. The molecule has 8 heteroatoms. The van der Waals surface area contributed by atoms with E-state index in [2.05, 4.69) is 20.3 Å². The third kappa shape index (κ3) is 2.11. The van der Waals surface area contributed by atoms with Gasteiger partial charge in [0.2, 0.25) is 5.28 Å². The Morgan fingerprint density at radius 2 is 1.77 bits per heavy atom. The van der Waals surface area contributed by atoms with E-state index in [0.717, 1.165) is 10.2 Å². The third-order valence-electron chi connectivity index (χ3n) is 4.32. The van der Waals surface area contributed by atoms with Crippen LogP contribution >= 0.6 is 22.9 Å². The number of H-pyrrole nitrogens is 1. The van der Waals surface area contributed by atoms with E-state index in [1.165, 1.54) is 11.3 Å². The van der Waals surface area contributed by atoms with Gasteiger partial charge in [-0.15, -0.1) is 11.3 Å². The lowest BCUT2D eigenvalue weighted by Crippen LogP contribution is -2.23. The number of nitrogens with one attached hydrogen (secondary N) is 2. The third-order valence-corrected chi connectivity index (χ3v) is 5.33. The highest BCUT2D eigenvalue weighted by Gasteiger charge is 2.35. The largest absolute Gasteiger partial charge is 0.352 e. The molecule has 0 radical (unpaired) electrons. The molecule has 0 saturated carbocycles. The molecule has 1 aromatic carbocycles. The van der Waals surface area contributed by atoms with Crippen molar-refractivity contribution >= 4 is 67.0 Å². The number of para-hydroxylation sites is 1. The summed E-state index contributed by atoms with van der Waals surface area (Å²) in [6.07, 6.45) is 1.74. The molecule has 0 bridgehead atoms. The fourth-order valence-corrected chi connectivity index (χ4v) is 4.18. The van der Waals surface area contributed by atoms with Crippen molar-refractivity contribution in [3.63, 3.8) is 0 Å². The second kappa shape index (κ2) is 5.48. The number of aromatic nitrogens is 3. The fourth-order valence-electron chi connectivity index (χ4n) is 3.23. The van der Waals surface area contributed by atoms with Crippen LogP contribution in [0.15, 0.2) is 41.9 Å². The van der Waals surface area contributed by atoms with Gasteiger partial charge < -0.3 is 4.98 Å². The number of hydrogen-bond donors (Lipinski definition) is 2. The smallest absolute Gasteiger partial charge is 0.261 e. The van der Waals surface area contributed by atoms with Crippen molar-refractivity contribution < 1.29 is 9.59 Å². The van der Waals surface area contributed by atoms with E-state index >= 15 is 0 Å². The molecule has 0 saturated heterocycles. The van der Waals surface area contributed by atoms with E-state index in [4.69, 9.17) is 11.6 Å². The number of hydrogen-bond acceptors (Lipinski definition) is 5. The molecule has 2 N–H and O–H groups in total. The Balaban J connectivity index is 1.89. The molecule has 0 aliphatic carbocycles. The summed E-state index contributed by atoms with van der Waals surface area (Å²) in [4.78, 5) is 37.7. The molecule has 0 spiro atoms. The van der Waals surface area contributed by atoms with E-state index in [9.17, 15) is 9.59 Å². The number of nitrogens with zero attached hydrogens (tertiary/aromatic N) is 2. The van der Waals surface area contributed by atoms with Crippen LogP contribution in [0.2, 0.25) is 5.28 Å². The molecule has 5 rings (SSSR count). The topological polar surface area (TPSA) is 87.7 Å². The zero-order valence-corrected chi connectivity index (χ0v) is 14.6. The van der Waals surface area contributed by atoms with Crippen LogP contribution in [0.5, 0.6) is 0 Å². The number of halogens is 1. The minimum Gasteiger partial charge on any atom is -0.352 e. The molecule has 6 nitrogen and oxygen atoms in total. The first kappa shape index (κ1) is 15.2. The van der Waals surface area contributed by atoms with Gasteiger partial charge in [0.1, 0.15) is 4.83 Å². The molecule has 3 aromatic heterocycles. The highest BCUT2D eigenvalue weighted by atomic mass is 35.5. The number of thiophene rings is 1. The lowest BCUT2D eigenvalue weighted by molar-refractivity contribution is -0.122. The highest BCUT2D eigenvalue weighted by molar-refractivity contribution is 7.16. The Hall–Kier alpha value is -3.03. The lowest BCUT2D eigenvalue weighted by Gasteiger charge is -2.07. The van der Waals surface area contributed by atoms with Gasteiger partial charge in [0, 0.05) is 22.5 Å². The highest BCUT2D eigenvalue weighted by Crippen LogP contribution is 2.37. The number of carbonyl (C=O) groups is 2. The molecule has 0 unspecified atom stereocenters. The van der Waals surface area contributed by atoms with Crippen molar-refractivity contribution in [2.45, 2.75) is 0 Å². The molecular formula is C18H9ClN4O2S. The van der Waals surface area contributed by atoms with E-state index in [1.807, 2.05) is 23.6 Å². The van der Waals surface area contributed by atoms with Crippen LogP contribution in [-0.2, 0) is 9.59 Å². The summed E-state index contributed by atoms with van der Waals surface area (Å²) in [5, 5.41) is 5.87. The Morgan fingerprint density at radius 1 is 0.962 bits per heavy atom. The zero-order valence-electron chi connectivity index (χ0n) is 13.0. The zero-order chi connectivity index (χ0) is 17.8. The minimum atomic E-state index is -0.491. The van der Waals surface area contributed by atoms with Crippen LogP contribution < -0.4 is 5.32 Å².